The van der Waals surface area contributed by atoms with Crippen molar-refractivity contribution in [2.75, 3.05) is 6.54 Å². The fourth-order valence-electron chi connectivity index (χ4n) is 3.06. The van der Waals surface area contributed by atoms with Gasteiger partial charge in [0.1, 0.15) is 0 Å². The molecule has 4 nitrogen and oxygen atoms in total. The van der Waals surface area contributed by atoms with E-state index in [4.69, 9.17) is 0 Å². The molecular formula is C18H17N3OS2. The first-order valence-corrected chi connectivity index (χ1v) is 9.63. The highest BCUT2D eigenvalue weighted by molar-refractivity contribution is 7.10. The first-order chi connectivity index (χ1) is 11.8. The number of thiophene rings is 2. The topological polar surface area (TPSA) is 45.2 Å². The van der Waals surface area contributed by atoms with E-state index in [-0.39, 0.29) is 12.1 Å². The SMILES string of the molecule is O=C(NCc1ccccn1)N1CCc2sccc2C1c1cccs1. The van der Waals surface area contributed by atoms with Gasteiger partial charge in [-0.1, -0.05) is 12.1 Å². The molecule has 122 valence electrons. The Labute approximate surface area is 148 Å². The van der Waals surface area contributed by atoms with Crippen LogP contribution in [0.4, 0.5) is 4.79 Å². The van der Waals surface area contributed by atoms with Crippen LogP contribution >= 0.6 is 22.7 Å². The highest BCUT2D eigenvalue weighted by Gasteiger charge is 2.33. The molecule has 1 aliphatic rings. The number of fused-ring (bicyclic) bond motifs is 1. The lowest BCUT2D eigenvalue weighted by Gasteiger charge is -2.35. The molecule has 24 heavy (non-hydrogen) atoms. The van der Waals surface area contributed by atoms with E-state index in [2.05, 4.69) is 33.2 Å². The molecule has 1 aliphatic heterocycles. The molecule has 3 aromatic rings. The highest BCUT2D eigenvalue weighted by atomic mass is 32.1. The molecule has 0 saturated carbocycles. The number of hydrogen-bond donors (Lipinski definition) is 1. The average Bonchev–Trinajstić information content (AvgIpc) is 3.31. The zero-order valence-corrected chi connectivity index (χ0v) is 14.6. The second kappa shape index (κ2) is 6.75. The quantitative estimate of drug-likeness (QED) is 0.770. The number of carbonyl (C=O) groups is 1. The first-order valence-electron chi connectivity index (χ1n) is 7.87. The van der Waals surface area contributed by atoms with Crippen molar-refractivity contribution in [1.82, 2.24) is 15.2 Å². The van der Waals surface area contributed by atoms with Crippen LogP contribution in [-0.2, 0) is 13.0 Å². The first kappa shape index (κ1) is 15.4. The van der Waals surface area contributed by atoms with Crippen molar-refractivity contribution >= 4 is 28.7 Å². The van der Waals surface area contributed by atoms with Crippen LogP contribution in [0.25, 0.3) is 0 Å². The zero-order chi connectivity index (χ0) is 16.4. The van der Waals surface area contributed by atoms with Gasteiger partial charge in [0.2, 0.25) is 0 Å². The van der Waals surface area contributed by atoms with Crippen LogP contribution in [-0.4, -0.2) is 22.5 Å². The molecule has 4 heterocycles. The lowest BCUT2D eigenvalue weighted by Crippen LogP contribution is -2.45. The fourth-order valence-corrected chi connectivity index (χ4v) is 4.82. The van der Waals surface area contributed by atoms with E-state index >= 15 is 0 Å². The number of hydrogen-bond acceptors (Lipinski definition) is 4. The summed E-state index contributed by atoms with van der Waals surface area (Å²) in [5.41, 5.74) is 2.13. The van der Waals surface area contributed by atoms with Crippen LogP contribution in [0.5, 0.6) is 0 Å². The summed E-state index contributed by atoms with van der Waals surface area (Å²) in [5.74, 6) is 0. The summed E-state index contributed by atoms with van der Waals surface area (Å²) in [6.45, 7) is 1.19. The second-order valence-electron chi connectivity index (χ2n) is 5.64. The normalized spacial score (nSPS) is 16.7. The molecule has 2 amide bonds. The maximum Gasteiger partial charge on any atom is 0.318 e. The minimum absolute atomic E-state index is 0.0173. The number of urea groups is 1. The number of amides is 2. The molecule has 6 heteroatoms. The van der Waals surface area contributed by atoms with Gasteiger partial charge in [-0.2, -0.15) is 0 Å². The molecule has 0 bridgehead atoms. The zero-order valence-electron chi connectivity index (χ0n) is 13.0. The smallest absolute Gasteiger partial charge is 0.318 e. The third-order valence-electron chi connectivity index (χ3n) is 4.19. The number of nitrogens with zero attached hydrogens (tertiary/aromatic N) is 2. The van der Waals surface area contributed by atoms with Gasteiger partial charge in [-0.25, -0.2) is 4.79 Å². The molecule has 4 rings (SSSR count). The third-order valence-corrected chi connectivity index (χ3v) is 6.11. The molecule has 0 aliphatic carbocycles. The molecule has 0 aromatic carbocycles. The number of pyridine rings is 1. The summed E-state index contributed by atoms with van der Waals surface area (Å²) in [5, 5.41) is 7.21. The van der Waals surface area contributed by atoms with Crippen molar-refractivity contribution in [2.45, 2.75) is 19.0 Å². The van der Waals surface area contributed by atoms with Crippen molar-refractivity contribution in [3.05, 3.63) is 74.4 Å². The fraction of sp³-hybridized carbons (Fsp3) is 0.222. The number of aromatic nitrogens is 1. The van der Waals surface area contributed by atoms with E-state index in [9.17, 15) is 4.79 Å². The van der Waals surface area contributed by atoms with Crippen LogP contribution < -0.4 is 5.32 Å². The Morgan fingerprint density at radius 3 is 2.96 bits per heavy atom. The highest BCUT2D eigenvalue weighted by Crippen LogP contribution is 2.39. The van der Waals surface area contributed by atoms with E-state index in [0.29, 0.717) is 6.54 Å². The van der Waals surface area contributed by atoms with Gasteiger partial charge in [-0.3, -0.25) is 4.98 Å². The molecule has 0 saturated heterocycles. The number of nitrogens with one attached hydrogen (secondary N) is 1. The molecule has 0 spiro atoms. The van der Waals surface area contributed by atoms with Crippen LogP contribution in [0.1, 0.15) is 27.1 Å². The van der Waals surface area contributed by atoms with Gasteiger partial charge in [0, 0.05) is 22.5 Å². The van der Waals surface area contributed by atoms with Gasteiger partial charge in [0.15, 0.2) is 0 Å². The summed E-state index contributed by atoms with van der Waals surface area (Å²) in [6, 6.07) is 12.0. The Hall–Kier alpha value is -2.18. The van der Waals surface area contributed by atoms with Crippen molar-refractivity contribution in [2.24, 2.45) is 0 Å². The van der Waals surface area contributed by atoms with E-state index in [1.54, 1.807) is 28.9 Å². The van der Waals surface area contributed by atoms with Crippen molar-refractivity contribution in [3.8, 4) is 0 Å². The van der Waals surface area contributed by atoms with Crippen LogP contribution in [0.3, 0.4) is 0 Å². The maximum absolute atomic E-state index is 12.8. The second-order valence-corrected chi connectivity index (χ2v) is 7.62. The van der Waals surface area contributed by atoms with Crippen molar-refractivity contribution in [1.29, 1.82) is 0 Å². The summed E-state index contributed by atoms with van der Waals surface area (Å²) < 4.78 is 0. The summed E-state index contributed by atoms with van der Waals surface area (Å²) in [7, 11) is 0. The largest absolute Gasteiger partial charge is 0.332 e. The van der Waals surface area contributed by atoms with Crippen molar-refractivity contribution in [3.63, 3.8) is 0 Å². The lowest BCUT2D eigenvalue weighted by atomic mass is 9.99. The Morgan fingerprint density at radius 2 is 2.17 bits per heavy atom. The van der Waals surface area contributed by atoms with Crippen LogP contribution in [0, 0.1) is 0 Å². The Kier molecular flexibility index (Phi) is 4.32. The Morgan fingerprint density at radius 1 is 1.21 bits per heavy atom. The minimum atomic E-state index is -0.0316. The Balaban J connectivity index is 1.56. The molecule has 1 N–H and O–H groups in total. The van der Waals surface area contributed by atoms with E-state index in [1.807, 2.05) is 29.2 Å². The summed E-state index contributed by atoms with van der Waals surface area (Å²) in [6.07, 6.45) is 2.67. The molecule has 1 atom stereocenters. The van der Waals surface area contributed by atoms with E-state index in [0.717, 1.165) is 18.7 Å². The van der Waals surface area contributed by atoms with Gasteiger partial charge >= 0.3 is 6.03 Å². The maximum atomic E-state index is 12.8. The number of carbonyl (C=O) groups excluding carboxylic acids is 1. The third kappa shape index (κ3) is 2.95. The van der Waals surface area contributed by atoms with Gasteiger partial charge in [-0.05, 0) is 47.0 Å². The van der Waals surface area contributed by atoms with E-state index in [1.165, 1.54) is 15.3 Å². The molecule has 0 fully saturated rings. The predicted molar refractivity (Wildman–Crippen MR) is 97.4 cm³/mol. The van der Waals surface area contributed by atoms with Gasteiger partial charge < -0.3 is 10.2 Å². The minimum Gasteiger partial charge on any atom is -0.332 e. The lowest BCUT2D eigenvalue weighted by molar-refractivity contribution is 0.181. The van der Waals surface area contributed by atoms with Gasteiger partial charge in [-0.15, -0.1) is 22.7 Å². The molecule has 3 aromatic heterocycles. The van der Waals surface area contributed by atoms with Gasteiger partial charge in [0.25, 0.3) is 0 Å². The Bertz CT molecular complexity index is 814. The van der Waals surface area contributed by atoms with Crippen LogP contribution in [0.2, 0.25) is 0 Å². The number of rotatable bonds is 3. The predicted octanol–water partition coefficient (Wildman–Crippen LogP) is 4.06. The summed E-state index contributed by atoms with van der Waals surface area (Å²) >= 11 is 3.49. The van der Waals surface area contributed by atoms with E-state index < -0.39 is 0 Å². The monoisotopic (exact) mass is 355 g/mol. The molecule has 0 radical (unpaired) electrons. The average molecular weight is 355 g/mol. The summed E-state index contributed by atoms with van der Waals surface area (Å²) in [4.78, 5) is 21.6. The molecule has 1 unspecified atom stereocenters. The standard InChI is InChI=1S/C18H17N3OS2/c22-18(20-12-13-4-1-2-8-19-13)21-9-6-15-14(7-11-24-15)17(21)16-5-3-10-23-16/h1-5,7-8,10-11,17H,6,9,12H2,(H,20,22). The van der Waals surface area contributed by atoms with Crippen molar-refractivity contribution < 1.29 is 4.79 Å². The van der Waals surface area contributed by atoms with Crippen LogP contribution in [0.15, 0.2) is 53.4 Å². The molecular weight excluding hydrogens is 338 g/mol. The van der Waals surface area contributed by atoms with Gasteiger partial charge in [0.05, 0.1) is 18.3 Å².